The van der Waals surface area contributed by atoms with Gasteiger partial charge in [0.05, 0.1) is 0 Å². The normalized spacial score (nSPS) is 15.6. The van der Waals surface area contributed by atoms with Crippen LogP contribution in [0.15, 0.2) is 60.7 Å². The second-order valence-corrected chi connectivity index (χ2v) is 43.7. The minimum absolute atomic E-state index is 0.0792. The van der Waals surface area contributed by atoms with Crippen LogP contribution in [-0.2, 0) is 15.4 Å². The first-order valence-electron chi connectivity index (χ1n) is 16.8. The van der Waals surface area contributed by atoms with Gasteiger partial charge in [0.15, 0.2) is 0 Å². The third-order valence-corrected chi connectivity index (χ3v) is 21.8. The molecule has 48 heavy (non-hydrogen) atoms. The van der Waals surface area contributed by atoms with E-state index in [-0.39, 0.29) is 4.57 Å². The number of carbonyl (C=O) groups excluding carboxylic acids is 1. The quantitative estimate of drug-likeness (QED) is 0.134. The maximum atomic E-state index is 13.0. The molecule has 4 rings (SSSR count). The summed E-state index contributed by atoms with van der Waals surface area (Å²) < 4.78 is 15.9. The molecule has 3 aromatic carbocycles. The minimum atomic E-state index is -2.91. The molecule has 1 fully saturated rings. The van der Waals surface area contributed by atoms with Crippen LogP contribution in [0.5, 0.6) is 5.75 Å². The van der Waals surface area contributed by atoms with Crippen molar-refractivity contribution < 1.29 is 20.1 Å². The molecule has 0 N–H and O–H groups in total. The van der Waals surface area contributed by atoms with Crippen LogP contribution < -0.4 is 14.5 Å². The summed E-state index contributed by atoms with van der Waals surface area (Å²) in [6.45, 7) is 19.3. The van der Waals surface area contributed by atoms with E-state index in [0.717, 1.165) is 24.4 Å². The second-order valence-electron chi connectivity index (χ2n) is 13.6. The molecule has 0 aromatic heterocycles. The molecule has 1 saturated heterocycles. The van der Waals surface area contributed by atoms with Gasteiger partial charge in [-0.05, 0) is 0 Å². The van der Waals surface area contributed by atoms with E-state index in [2.05, 4.69) is 158 Å². The van der Waals surface area contributed by atoms with Crippen molar-refractivity contribution in [1.82, 2.24) is 0 Å². The van der Waals surface area contributed by atoms with E-state index in [1.807, 2.05) is 24.8 Å². The van der Waals surface area contributed by atoms with E-state index < -0.39 is 27.9 Å². The second kappa shape index (κ2) is 17.1. The maximum absolute atomic E-state index is 13.0. The number of rotatable bonds is 12. The molecule has 1 aliphatic heterocycles. The Balaban J connectivity index is 2.08. The zero-order valence-electron chi connectivity index (χ0n) is 30.3. The molecule has 2 unspecified atom stereocenters. The van der Waals surface area contributed by atoms with Gasteiger partial charge in [0.1, 0.15) is 0 Å². The molecule has 5 nitrogen and oxygen atoms in total. The number of nitrogens with zero attached hydrogens (tertiary/aromatic N) is 2. The van der Waals surface area contributed by atoms with Crippen LogP contribution in [-0.4, -0.2) is 54.8 Å². The number of benzene rings is 3. The van der Waals surface area contributed by atoms with Gasteiger partial charge in [0.2, 0.25) is 0 Å². The van der Waals surface area contributed by atoms with Crippen molar-refractivity contribution in [2.45, 2.75) is 97.8 Å². The van der Waals surface area contributed by atoms with Gasteiger partial charge in [-0.25, -0.2) is 0 Å². The molecule has 0 saturated carbocycles. The van der Waals surface area contributed by atoms with Crippen molar-refractivity contribution in [2.24, 2.45) is 0 Å². The molecular weight excluding hydrogens is 974 g/mol. The summed E-state index contributed by atoms with van der Waals surface area (Å²) in [7, 11) is 1.63. The molecular formula is C39H53AsI2N2O3Ru-4. The monoisotopic (exact) mass is 1030 g/mol. The van der Waals surface area contributed by atoms with Gasteiger partial charge in [-0.15, -0.1) is 0 Å². The fraction of sp³-hybridized carbons (Fsp3) is 0.462. The first kappa shape index (κ1) is 39.9. The first-order valence-corrected chi connectivity index (χ1v) is 32.6. The van der Waals surface area contributed by atoms with Crippen molar-refractivity contribution in [2.75, 3.05) is 30.0 Å². The Hall–Kier alpha value is -0.928. The molecule has 0 aliphatic carbocycles. The standard InChI is InChI=1S/C27H38N2.C12H15AsO3.2HI.Ru/c1-18(2)22-11-9-12-23(19(3)4)26(22)28-15-16-29(17-28)27-24(20(5)6)13-10-14-25(27)21(7)8;1-9-7-5-6-8-11(9)16-10(2)12(14)13(3)15-4;;;/h9-14,18-21H,15-16H2,1-8H3;1,5-8,10H,2-4H3;2*1H;/q;;;;-2/p-2. The number of hydrogen-bond donors (Lipinski definition) is 0. The van der Waals surface area contributed by atoms with Gasteiger partial charge in [0, 0.05) is 0 Å². The number of ether oxygens (including phenoxy) is 1. The van der Waals surface area contributed by atoms with Gasteiger partial charge in [0.25, 0.3) is 0 Å². The van der Waals surface area contributed by atoms with Crippen LogP contribution in [0.2, 0.25) is 5.71 Å². The Morgan fingerprint density at radius 3 is 1.54 bits per heavy atom. The number of halogens is 2. The molecule has 1 heterocycles. The predicted molar refractivity (Wildman–Crippen MR) is 222 cm³/mol. The Labute approximate surface area is 318 Å². The molecule has 1 aliphatic rings. The Bertz CT molecular complexity index is 1610. The Morgan fingerprint density at radius 2 is 1.15 bits per heavy atom. The predicted octanol–water partition coefficient (Wildman–Crippen LogP) is 10.4. The first-order chi connectivity index (χ1) is 22.6. The summed E-state index contributed by atoms with van der Waals surface area (Å²) in [6, 6.07) is 22.0. The van der Waals surface area contributed by atoms with Gasteiger partial charge < -0.3 is 0 Å². The van der Waals surface area contributed by atoms with Gasteiger partial charge >= 0.3 is 322 Å². The van der Waals surface area contributed by atoms with Crippen LogP contribution in [0.25, 0.3) is 0 Å². The molecule has 9 heteroatoms. The molecule has 268 valence electrons. The summed E-state index contributed by atoms with van der Waals surface area (Å²) >= 11 is 3.57. The summed E-state index contributed by atoms with van der Waals surface area (Å²) in [5.41, 5.74) is 11.3. The van der Waals surface area contributed by atoms with Gasteiger partial charge in [-0.1, -0.05) is 0 Å². The van der Waals surface area contributed by atoms with E-state index in [0.29, 0.717) is 23.7 Å². The molecule has 0 amide bonds. The number of hydrogen-bond acceptors (Lipinski definition) is 5. The van der Waals surface area contributed by atoms with Crippen LogP contribution >= 0.6 is 39.5 Å². The zero-order valence-corrected chi connectivity index (χ0v) is 38.3. The van der Waals surface area contributed by atoms with Crippen molar-refractivity contribution in [3.8, 4) is 5.75 Å². The van der Waals surface area contributed by atoms with Gasteiger partial charge in [-0.3, -0.25) is 0 Å². The van der Waals surface area contributed by atoms with E-state index in [9.17, 15) is 4.79 Å². The van der Waals surface area contributed by atoms with Crippen LogP contribution in [0.3, 0.4) is 0 Å². The average Bonchev–Trinajstić information content (AvgIpc) is 3.49. The van der Waals surface area contributed by atoms with Crippen LogP contribution in [0.4, 0.5) is 11.4 Å². The van der Waals surface area contributed by atoms with Crippen LogP contribution in [0.1, 0.15) is 114 Å². The number of para-hydroxylation sites is 3. The zero-order chi connectivity index (χ0) is 35.5. The third-order valence-electron chi connectivity index (χ3n) is 8.81. The van der Waals surface area contributed by atoms with E-state index in [4.69, 9.17) is 8.46 Å². The molecule has 0 spiro atoms. The number of anilines is 2. The van der Waals surface area contributed by atoms with Crippen molar-refractivity contribution in [3.63, 3.8) is 0 Å². The summed E-state index contributed by atoms with van der Waals surface area (Å²) in [5.74, 6) is 2.31. The fourth-order valence-corrected chi connectivity index (χ4v) is 18.9. The summed E-state index contributed by atoms with van der Waals surface area (Å²) in [5, 5.41) is 0. The van der Waals surface area contributed by atoms with Gasteiger partial charge in [-0.2, -0.15) is 0 Å². The molecule has 2 atom stereocenters. The van der Waals surface area contributed by atoms with E-state index in [1.165, 1.54) is 38.0 Å². The fourth-order valence-electron chi connectivity index (χ4n) is 6.27. The topological polar surface area (TPSA) is 42.0 Å². The number of carbonyl (C=O) groups is 1. The molecule has 0 bridgehead atoms. The van der Waals surface area contributed by atoms with Crippen LogP contribution in [0, 0.1) is 0 Å². The van der Waals surface area contributed by atoms with E-state index >= 15 is 0 Å². The summed E-state index contributed by atoms with van der Waals surface area (Å²) in [6.07, 6.45) is -0.558. The van der Waals surface area contributed by atoms with Crippen molar-refractivity contribution in [1.29, 1.82) is 0 Å². The average molecular weight is 1030 g/mol. The van der Waals surface area contributed by atoms with Crippen molar-refractivity contribution >= 4 is 79.4 Å². The summed E-state index contributed by atoms with van der Waals surface area (Å²) in [4.78, 5) is 18.4. The Morgan fingerprint density at radius 1 is 0.729 bits per heavy atom. The third kappa shape index (κ3) is 8.74. The van der Waals surface area contributed by atoms with Crippen molar-refractivity contribution in [3.05, 3.63) is 88.5 Å². The SMILES string of the molecule is CO[As](C)C(=O)C(C)Oc1ccccc1[CH]=[Ru-4]([I])([I])=[C]1N(c2c(C(C)C)cccc2C(C)C)CCN1c1c(C(C)C)cccc1C(C)C. The Kier molecular flexibility index (Phi) is 14.2. The van der Waals surface area contributed by atoms with E-state index in [1.54, 1.807) is 7.11 Å². The molecule has 3 aromatic rings. The molecule has 0 radical (unpaired) electrons.